The van der Waals surface area contributed by atoms with E-state index in [-0.39, 0.29) is 5.82 Å². The van der Waals surface area contributed by atoms with Gasteiger partial charge in [-0.15, -0.1) is 0 Å². The van der Waals surface area contributed by atoms with Crippen LogP contribution in [0.2, 0.25) is 0 Å². The van der Waals surface area contributed by atoms with Crippen LogP contribution in [0.3, 0.4) is 0 Å². The molecule has 88 valence electrons. The van der Waals surface area contributed by atoms with Crippen LogP contribution >= 0.6 is 0 Å². The first-order valence-corrected chi connectivity index (χ1v) is 5.44. The number of halogens is 1. The summed E-state index contributed by atoms with van der Waals surface area (Å²) < 4.78 is 18.6. The van der Waals surface area contributed by atoms with Crippen molar-refractivity contribution in [2.24, 2.45) is 0 Å². The van der Waals surface area contributed by atoms with Crippen molar-refractivity contribution in [2.75, 3.05) is 0 Å². The molecule has 0 unspecified atom stereocenters. The number of nitrogens with zero attached hydrogens (tertiary/aromatic N) is 2. The molecule has 18 heavy (non-hydrogen) atoms. The zero-order chi connectivity index (χ0) is 12.4. The Morgan fingerprint density at radius 1 is 1.11 bits per heavy atom. The van der Waals surface area contributed by atoms with Gasteiger partial charge < -0.3 is 4.42 Å². The molecule has 0 aliphatic carbocycles. The Morgan fingerprint density at radius 3 is 2.83 bits per heavy atom. The van der Waals surface area contributed by atoms with E-state index in [0.29, 0.717) is 11.5 Å². The lowest BCUT2D eigenvalue weighted by atomic mass is 10.0. The summed E-state index contributed by atoms with van der Waals surface area (Å²) in [6, 6.07) is 9.92. The van der Waals surface area contributed by atoms with E-state index in [9.17, 15) is 4.39 Å². The van der Waals surface area contributed by atoms with E-state index >= 15 is 0 Å². The molecule has 0 N–H and O–H groups in total. The van der Waals surface area contributed by atoms with Crippen LogP contribution in [-0.4, -0.2) is 9.97 Å². The molecule has 0 spiro atoms. The molecule has 3 nitrogen and oxygen atoms in total. The molecule has 0 radical (unpaired) electrons. The molecule has 0 aliphatic rings. The third-order valence-corrected chi connectivity index (χ3v) is 2.60. The zero-order valence-electron chi connectivity index (χ0n) is 9.38. The van der Waals surface area contributed by atoms with Crippen molar-refractivity contribution in [1.29, 1.82) is 0 Å². The first-order valence-electron chi connectivity index (χ1n) is 5.44. The lowest BCUT2D eigenvalue weighted by molar-refractivity contribution is 0.580. The fourth-order valence-corrected chi connectivity index (χ4v) is 1.81. The van der Waals surface area contributed by atoms with E-state index < -0.39 is 0 Å². The van der Waals surface area contributed by atoms with Crippen molar-refractivity contribution in [2.45, 2.75) is 0 Å². The number of furan rings is 1. The van der Waals surface area contributed by atoms with E-state index in [2.05, 4.69) is 9.97 Å². The molecule has 2 heterocycles. The average Bonchev–Trinajstić information content (AvgIpc) is 2.92. The summed E-state index contributed by atoms with van der Waals surface area (Å²) in [5, 5.41) is 0. The summed E-state index contributed by atoms with van der Waals surface area (Å²) in [6.07, 6.45) is 4.67. The molecule has 0 aliphatic heterocycles. The predicted octanol–water partition coefficient (Wildman–Crippen LogP) is 3.54. The standard InChI is InChI=1S/C14H9FN2O/c15-11-4-1-3-10(7-11)12-8-16-9-17-14(12)13-5-2-6-18-13/h1-9H. The molecule has 4 heteroatoms. The van der Waals surface area contributed by atoms with Crippen LogP contribution in [0.1, 0.15) is 0 Å². The maximum Gasteiger partial charge on any atom is 0.152 e. The number of hydrogen-bond donors (Lipinski definition) is 0. The van der Waals surface area contributed by atoms with Crippen molar-refractivity contribution in [3.8, 4) is 22.6 Å². The Kier molecular flexibility index (Phi) is 2.61. The first-order chi connectivity index (χ1) is 8.84. The molecule has 3 rings (SSSR count). The summed E-state index contributed by atoms with van der Waals surface area (Å²) in [5.74, 6) is 0.346. The van der Waals surface area contributed by atoms with Crippen LogP contribution < -0.4 is 0 Å². The minimum absolute atomic E-state index is 0.290. The van der Waals surface area contributed by atoms with Gasteiger partial charge in [-0.05, 0) is 29.8 Å². The Morgan fingerprint density at radius 2 is 2.06 bits per heavy atom. The van der Waals surface area contributed by atoms with Gasteiger partial charge in [0.1, 0.15) is 17.8 Å². The molecule has 0 fully saturated rings. The minimum Gasteiger partial charge on any atom is -0.463 e. The van der Waals surface area contributed by atoms with Gasteiger partial charge in [-0.1, -0.05) is 12.1 Å². The second-order valence-corrected chi connectivity index (χ2v) is 3.77. The van der Waals surface area contributed by atoms with Crippen molar-refractivity contribution in [3.63, 3.8) is 0 Å². The van der Waals surface area contributed by atoms with Gasteiger partial charge in [0.15, 0.2) is 5.76 Å². The van der Waals surface area contributed by atoms with Crippen LogP contribution in [0.25, 0.3) is 22.6 Å². The monoisotopic (exact) mass is 240 g/mol. The molecule has 0 atom stereocenters. The summed E-state index contributed by atoms with van der Waals surface area (Å²) >= 11 is 0. The third kappa shape index (κ3) is 1.88. The topological polar surface area (TPSA) is 38.9 Å². The zero-order valence-corrected chi connectivity index (χ0v) is 9.38. The average molecular weight is 240 g/mol. The Balaban J connectivity index is 2.18. The Bertz CT molecular complexity index is 665. The van der Waals surface area contributed by atoms with Crippen LogP contribution in [0, 0.1) is 5.82 Å². The maximum atomic E-state index is 13.3. The first kappa shape index (κ1) is 10.7. The molecule has 0 saturated heterocycles. The molecular weight excluding hydrogens is 231 g/mol. The minimum atomic E-state index is -0.290. The number of rotatable bonds is 2. The van der Waals surface area contributed by atoms with Gasteiger partial charge in [0.2, 0.25) is 0 Å². The van der Waals surface area contributed by atoms with E-state index in [1.54, 1.807) is 24.6 Å². The summed E-state index contributed by atoms with van der Waals surface area (Å²) in [6.45, 7) is 0. The van der Waals surface area contributed by atoms with Gasteiger partial charge in [0.25, 0.3) is 0 Å². The summed E-state index contributed by atoms with van der Waals surface area (Å²) in [4.78, 5) is 8.19. The highest BCUT2D eigenvalue weighted by molar-refractivity contribution is 5.77. The van der Waals surface area contributed by atoms with Gasteiger partial charge in [0, 0.05) is 11.8 Å². The number of aromatic nitrogens is 2. The van der Waals surface area contributed by atoms with Gasteiger partial charge in [-0.2, -0.15) is 0 Å². The van der Waals surface area contributed by atoms with Crippen LogP contribution in [0.5, 0.6) is 0 Å². The fourth-order valence-electron chi connectivity index (χ4n) is 1.81. The van der Waals surface area contributed by atoms with Crippen molar-refractivity contribution < 1.29 is 8.81 Å². The third-order valence-electron chi connectivity index (χ3n) is 2.60. The van der Waals surface area contributed by atoms with Crippen LogP contribution in [0.4, 0.5) is 4.39 Å². The van der Waals surface area contributed by atoms with Gasteiger partial charge in [0.05, 0.1) is 6.26 Å². The van der Waals surface area contributed by atoms with E-state index in [0.717, 1.165) is 11.1 Å². The Hall–Kier alpha value is -2.49. The fraction of sp³-hybridized carbons (Fsp3) is 0. The van der Waals surface area contributed by atoms with Gasteiger partial charge >= 0.3 is 0 Å². The molecule has 0 amide bonds. The lowest BCUT2D eigenvalue weighted by Crippen LogP contribution is -1.90. The van der Waals surface area contributed by atoms with Gasteiger partial charge in [-0.3, -0.25) is 0 Å². The maximum absolute atomic E-state index is 13.3. The van der Waals surface area contributed by atoms with Crippen molar-refractivity contribution in [1.82, 2.24) is 9.97 Å². The highest BCUT2D eigenvalue weighted by Crippen LogP contribution is 2.29. The second kappa shape index (κ2) is 4.41. The van der Waals surface area contributed by atoms with Crippen LogP contribution in [0.15, 0.2) is 59.6 Å². The normalized spacial score (nSPS) is 10.5. The predicted molar refractivity (Wildman–Crippen MR) is 65.1 cm³/mol. The highest BCUT2D eigenvalue weighted by Gasteiger charge is 2.11. The highest BCUT2D eigenvalue weighted by atomic mass is 19.1. The number of benzene rings is 1. The molecular formula is C14H9FN2O. The molecule has 1 aromatic carbocycles. The number of hydrogen-bond acceptors (Lipinski definition) is 3. The van der Waals surface area contributed by atoms with E-state index in [1.165, 1.54) is 18.5 Å². The van der Waals surface area contributed by atoms with Gasteiger partial charge in [-0.25, -0.2) is 14.4 Å². The summed E-state index contributed by atoms with van der Waals surface area (Å²) in [5.41, 5.74) is 2.12. The Labute approximate surface area is 103 Å². The molecule has 0 saturated carbocycles. The smallest absolute Gasteiger partial charge is 0.152 e. The summed E-state index contributed by atoms with van der Waals surface area (Å²) in [7, 11) is 0. The van der Waals surface area contributed by atoms with Crippen molar-refractivity contribution >= 4 is 0 Å². The van der Waals surface area contributed by atoms with E-state index in [1.807, 2.05) is 12.1 Å². The molecule has 3 aromatic rings. The quantitative estimate of drug-likeness (QED) is 0.687. The van der Waals surface area contributed by atoms with Crippen molar-refractivity contribution in [3.05, 3.63) is 61.0 Å². The molecule has 2 aromatic heterocycles. The van der Waals surface area contributed by atoms with E-state index in [4.69, 9.17) is 4.42 Å². The largest absolute Gasteiger partial charge is 0.463 e. The van der Waals surface area contributed by atoms with Crippen LogP contribution in [-0.2, 0) is 0 Å². The lowest BCUT2D eigenvalue weighted by Gasteiger charge is -2.05. The molecule has 0 bridgehead atoms. The second-order valence-electron chi connectivity index (χ2n) is 3.77. The SMILES string of the molecule is Fc1cccc(-c2cncnc2-c2ccco2)c1.